The molecule has 5 rings (SSSR count). The number of carbonyl (C=O) groups is 2. The van der Waals surface area contributed by atoms with Gasteiger partial charge in [-0.1, -0.05) is 42.5 Å². The highest BCUT2D eigenvalue weighted by Crippen LogP contribution is 2.27. The van der Waals surface area contributed by atoms with Gasteiger partial charge in [-0.15, -0.1) is 0 Å². The number of rotatable bonds is 4. The summed E-state index contributed by atoms with van der Waals surface area (Å²) in [6.07, 6.45) is 2.10. The second-order valence-electron chi connectivity index (χ2n) is 8.02. The first-order valence-corrected chi connectivity index (χ1v) is 10.9. The fourth-order valence-corrected chi connectivity index (χ4v) is 3.97. The van der Waals surface area contributed by atoms with Crippen LogP contribution < -0.4 is 5.32 Å². The minimum Gasteiger partial charge on any atom is -0.461 e. The van der Waals surface area contributed by atoms with Gasteiger partial charge in [-0.25, -0.2) is 14.4 Å². The van der Waals surface area contributed by atoms with Crippen LogP contribution in [0, 0.1) is 12.7 Å². The van der Waals surface area contributed by atoms with Gasteiger partial charge in [0.05, 0.1) is 16.8 Å². The van der Waals surface area contributed by atoms with Gasteiger partial charge >= 0.3 is 0 Å². The average molecular weight is 456 g/mol. The van der Waals surface area contributed by atoms with E-state index >= 15 is 0 Å². The number of aromatic nitrogens is 2. The Hall–Kier alpha value is -4.33. The Kier molecular flexibility index (Phi) is 5.63. The van der Waals surface area contributed by atoms with Crippen molar-refractivity contribution in [2.75, 3.05) is 11.9 Å². The number of hydrogen-bond donors (Lipinski definition) is 1. The molecule has 2 aromatic heterocycles. The summed E-state index contributed by atoms with van der Waals surface area (Å²) in [5.41, 5.74) is 2.90. The Labute approximate surface area is 195 Å². The average Bonchev–Trinajstić information content (AvgIpc) is 3.25. The standard InChI is InChI=1S/C26H21FN4O3/c1-16-20(13-23(34-16)17-7-3-2-4-8-17)25(33)31-12-11-22-18(15-31)14-28-26(29-22)30-24(32)19-9-5-6-10-21(19)27/h2-10,13-14H,11-12,15H2,1H3,(H,28,29,30,32). The third kappa shape index (κ3) is 4.17. The number of furan rings is 1. The van der Waals surface area contributed by atoms with Crippen molar-refractivity contribution in [3.8, 4) is 11.3 Å². The lowest BCUT2D eigenvalue weighted by atomic mass is 10.1. The zero-order chi connectivity index (χ0) is 23.7. The van der Waals surface area contributed by atoms with Crippen LogP contribution >= 0.6 is 0 Å². The highest BCUT2D eigenvalue weighted by Gasteiger charge is 2.26. The van der Waals surface area contributed by atoms with E-state index < -0.39 is 11.7 Å². The number of nitrogens with one attached hydrogen (secondary N) is 1. The minimum absolute atomic E-state index is 0.0778. The van der Waals surface area contributed by atoms with Gasteiger partial charge in [0.2, 0.25) is 5.95 Å². The van der Waals surface area contributed by atoms with E-state index in [1.165, 1.54) is 18.2 Å². The van der Waals surface area contributed by atoms with Crippen LogP contribution in [-0.4, -0.2) is 33.2 Å². The Morgan fingerprint density at radius 1 is 1.06 bits per heavy atom. The molecule has 0 unspecified atom stereocenters. The summed E-state index contributed by atoms with van der Waals surface area (Å²) in [5.74, 6) is -0.0297. The lowest BCUT2D eigenvalue weighted by Gasteiger charge is -2.28. The summed E-state index contributed by atoms with van der Waals surface area (Å²) in [7, 11) is 0. The number of aryl methyl sites for hydroxylation is 1. The van der Waals surface area contributed by atoms with E-state index in [4.69, 9.17) is 4.42 Å². The summed E-state index contributed by atoms with van der Waals surface area (Å²) < 4.78 is 19.7. The SMILES string of the molecule is Cc1oc(-c2ccccc2)cc1C(=O)N1CCc2nc(NC(=O)c3ccccc3F)ncc2C1. The molecule has 7 nitrogen and oxygen atoms in total. The number of carbonyl (C=O) groups excluding carboxylic acids is 2. The third-order valence-corrected chi connectivity index (χ3v) is 5.77. The Balaban J connectivity index is 1.30. The van der Waals surface area contributed by atoms with E-state index in [2.05, 4.69) is 15.3 Å². The number of amides is 2. The molecule has 0 saturated heterocycles. The van der Waals surface area contributed by atoms with Crippen LogP contribution in [-0.2, 0) is 13.0 Å². The minimum atomic E-state index is -0.615. The maximum Gasteiger partial charge on any atom is 0.260 e. The number of hydrogen-bond acceptors (Lipinski definition) is 5. The van der Waals surface area contributed by atoms with Crippen molar-refractivity contribution in [3.63, 3.8) is 0 Å². The number of anilines is 1. The van der Waals surface area contributed by atoms with Crippen LogP contribution in [0.4, 0.5) is 10.3 Å². The predicted molar refractivity (Wildman–Crippen MR) is 124 cm³/mol. The van der Waals surface area contributed by atoms with Crippen LogP contribution in [0.5, 0.6) is 0 Å². The summed E-state index contributed by atoms with van der Waals surface area (Å²) >= 11 is 0. The normalized spacial score (nSPS) is 12.8. The van der Waals surface area contributed by atoms with Gasteiger partial charge in [0.1, 0.15) is 17.3 Å². The van der Waals surface area contributed by atoms with E-state index in [9.17, 15) is 14.0 Å². The second-order valence-corrected chi connectivity index (χ2v) is 8.02. The van der Waals surface area contributed by atoms with Gasteiger partial charge in [0.25, 0.3) is 11.8 Å². The van der Waals surface area contributed by atoms with Crippen molar-refractivity contribution in [2.45, 2.75) is 19.9 Å². The lowest BCUT2D eigenvalue weighted by Crippen LogP contribution is -2.36. The first-order chi connectivity index (χ1) is 16.5. The molecular formula is C26H21FN4O3. The van der Waals surface area contributed by atoms with Gasteiger partial charge < -0.3 is 9.32 Å². The first-order valence-electron chi connectivity index (χ1n) is 10.9. The van der Waals surface area contributed by atoms with E-state index in [-0.39, 0.29) is 17.4 Å². The molecule has 170 valence electrons. The summed E-state index contributed by atoms with van der Waals surface area (Å²) in [4.78, 5) is 35.9. The maximum absolute atomic E-state index is 13.9. The molecule has 1 aliphatic heterocycles. The van der Waals surface area contributed by atoms with Gasteiger partial charge in [-0.05, 0) is 25.1 Å². The molecule has 0 aliphatic carbocycles. The molecule has 1 N–H and O–H groups in total. The molecule has 0 atom stereocenters. The summed E-state index contributed by atoms with van der Waals surface area (Å²) in [6, 6.07) is 17.1. The Bertz CT molecular complexity index is 1380. The van der Waals surface area contributed by atoms with Crippen molar-refractivity contribution in [1.82, 2.24) is 14.9 Å². The molecule has 0 radical (unpaired) electrons. The first kappa shape index (κ1) is 21.5. The van der Waals surface area contributed by atoms with Crippen molar-refractivity contribution in [2.24, 2.45) is 0 Å². The molecule has 0 fully saturated rings. The molecule has 3 heterocycles. The van der Waals surface area contributed by atoms with Gasteiger partial charge in [0.15, 0.2) is 0 Å². The summed E-state index contributed by atoms with van der Waals surface area (Å²) in [6.45, 7) is 2.60. The molecule has 2 aromatic carbocycles. The highest BCUT2D eigenvalue weighted by atomic mass is 19.1. The maximum atomic E-state index is 13.9. The molecule has 0 bridgehead atoms. The predicted octanol–water partition coefficient (Wildman–Crippen LogP) is 4.63. The monoisotopic (exact) mass is 456 g/mol. The molecular weight excluding hydrogens is 435 g/mol. The van der Waals surface area contributed by atoms with Crippen LogP contribution in [0.3, 0.4) is 0 Å². The zero-order valence-corrected chi connectivity index (χ0v) is 18.4. The van der Waals surface area contributed by atoms with Crippen LogP contribution in [0.15, 0.2) is 71.3 Å². The molecule has 4 aromatic rings. The zero-order valence-electron chi connectivity index (χ0n) is 18.4. The Morgan fingerprint density at radius 2 is 1.82 bits per heavy atom. The fraction of sp³-hybridized carbons (Fsp3) is 0.154. The van der Waals surface area contributed by atoms with E-state index in [1.54, 1.807) is 30.2 Å². The topological polar surface area (TPSA) is 88.3 Å². The smallest absolute Gasteiger partial charge is 0.260 e. The lowest BCUT2D eigenvalue weighted by molar-refractivity contribution is 0.0731. The number of benzene rings is 2. The molecule has 2 amide bonds. The molecule has 0 saturated carbocycles. The van der Waals surface area contributed by atoms with E-state index in [1.807, 2.05) is 30.3 Å². The van der Waals surface area contributed by atoms with E-state index in [0.717, 1.165) is 16.8 Å². The molecule has 8 heteroatoms. The van der Waals surface area contributed by atoms with Gasteiger partial charge in [-0.2, -0.15) is 0 Å². The fourth-order valence-electron chi connectivity index (χ4n) is 3.97. The number of fused-ring (bicyclic) bond motifs is 1. The number of nitrogens with zero attached hydrogens (tertiary/aromatic N) is 3. The van der Waals surface area contributed by atoms with Crippen molar-refractivity contribution in [1.29, 1.82) is 0 Å². The molecule has 34 heavy (non-hydrogen) atoms. The van der Waals surface area contributed by atoms with Crippen molar-refractivity contribution in [3.05, 3.63) is 101 Å². The van der Waals surface area contributed by atoms with Crippen LogP contribution in [0.1, 0.15) is 37.7 Å². The van der Waals surface area contributed by atoms with Crippen LogP contribution in [0.25, 0.3) is 11.3 Å². The third-order valence-electron chi connectivity index (χ3n) is 5.77. The quantitative estimate of drug-likeness (QED) is 0.484. The largest absolute Gasteiger partial charge is 0.461 e. The Morgan fingerprint density at radius 3 is 2.62 bits per heavy atom. The number of halogens is 1. The van der Waals surface area contributed by atoms with Crippen LogP contribution in [0.2, 0.25) is 0 Å². The van der Waals surface area contributed by atoms with Gasteiger partial charge in [-0.3, -0.25) is 14.9 Å². The van der Waals surface area contributed by atoms with Crippen molar-refractivity contribution < 1.29 is 18.4 Å². The second kappa shape index (κ2) is 8.90. The van der Waals surface area contributed by atoms with E-state index in [0.29, 0.717) is 36.6 Å². The summed E-state index contributed by atoms with van der Waals surface area (Å²) in [5, 5.41) is 2.54. The van der Waals surface area contributed by atoms with Gasteiger partial charge in [0, 0.05) is 36.8 Å². The van der Waals surface area contributed by atoms with Crippen molar-refractivity contribution >= 4 is 17.8 Å². The molecule has 0 spiro atoms. The highest BCUT2D eigenvalue weighted by molar-refractivity contribution is 6.03. The molecule has 1 aliphatic rings.